The first-order valence-corrected chi connectivity index (χ1v) is 9.18. The fourth-order valence-electron chi connectivity index (χ4n) is 3.59. The Bertz CT molecular complexity index is 898. The first kappa shape index (κ1) is 19.8. The van der Waals surface area contributed by atoms with Crippen LogP contribution in [0, 0.1) is 13.8 Å². The van der Waals surface area contributed by atoms with Gasteiger partial charge in [0.2, 0.25) is 0 Å². The van der Waals surface area contributed by atoms with Crippen LogP contribution in [0.25, 0.3) is 5.76 Å². The third-order valence-electron chi connectivity index (χ3n) is 4.93. The SMILES string of the molecule is Cc1n[nH]c(C)c1/C(O)=C1\C(=O)C(=O)N(CCCN(C)C)[C@H]1c1ccncc1. The molecule has 0 spiro atoms. The molecule has 0 aliphatic carbocycles. The molecule has 0 radical (unpaired) electrons. The Morgan fingerprint density at radius 1 is 1.25 bits per heavy atom. The van der Waals surface area contributed by atoms with E-state index in [9.17, 15) is 14.7 Å². The predicted octanol–water partition coefficient (Wildman–Crippen LogP) is 1.79. The molecule has 8 heteroatoms. The van der Waals surface area contributed by atoms with E-state index in [1.54, 1.807) is 38.4 Å². The normalized spacial score (nSPS) is 19.0. The molecular formula is C20H25N5O3. The Balaban J connectivity index is 2.10. The van der Waals surface area contributed by atoms with Crippen molar-refractivity contribution in [3.63, 3.8) is 0 Å². The maximum atomic E-state index is 12.9. The summed E-state index contributed by atoms with van der Waals surface area (Å²) in [5.74, 6) is -1.47. The number of pyridine rings is 1. The lowest BCUT2D eigenvalue weighted by Gasteiger charge is -2.25. The summed E-state index contributed by atoms with van der Waals surface area (Å²) < 4.78 is 0. The smallest absolute Gasteiger partial charge is 0.295 e. The fraction of sp³-hybridized carbons (Fsp3) is 0.400. The molecule has 0 saturated carbocycles. The second kappa shape index (κ2) is 7.93. The summed E-state index contributed by atoms with van der Waals surface area (Å²) >= 11 is 0. The molecule has 1 fully saturated rings. The second-order valence-electron chi connectivity index (χ2n) is 7.24. The van der Waals surface area contributed by atoms with Crippen LogP contribution < -0.4 is 0 Å². The minimum absolute atomic E-state index is 0.0913. The number of ketones is 1. The van der Waals surface area contributed by atoms with Crippen LogP contribution in [-0.4, -0.2) is 69.0 Å². The first-order chi connectivity index (χ1) is 13.3. The number of likely N-dealkylation sites (tertiary alicyclic amines) is 1. The van der Waals surface area contributed by atoms with Crippen molar-refractivity contribution in [1.29, 1.82) is 0 Å². The van der Waals surface area contributed by atoms with Gasteiger partial charge in [0.25, 0.3) is 11.7 Å². The zero-order valence-electron chi connectivity index (χ0n) is 16.6. The average molecular weight is 383 g/mol. The summed E-state index contributed by atoms with van der Waals surface area (Å²) in [5.41, 5.74) is 2.50. The lowest BCUT2D eigenvalue weighted by Crippen LogP contribution is -2.32. The molecule has 2 aromatic rings. The van der Waals surface area contributed by atoms with E-state index in [1.165, 1.54) is 4.90 Å². The zero-order chi connectivity index (χ0) is 20.4. The second-order valence-corrected chi connectivity index (χ2v) is 7.24. The van der Waals surface area contributed by atoms with E-state index < -0.39 is 17.7 Å². The van der Waals surface area contributed by atoms with Crippen molar-refractivity contribution in [1.82, 2.24) is 25.0 Å². The van der Waals surface area contributed by atoms with Crippen molar-refractivity contribution in [3.8, 4) is 0 Å². The van der Waals surface area contributed by atoms with Gasteiger partial charge >= 0.3 is 0 Å². The van der Waals surface area contributed by atoms with Gasteiger partial charge in [0, 0.05) is 24.6 Å². The van der Waals surface area contributed by atoms with E-state index >= 15 is 0 Å². The molecule has 2 aromatic heterocycles. The molecule has 0 unspecified atom stereocenters. The van der Waals surface area contributed by atoms with Crippen molar-refractivity contribution in [2.24, 2.45) is 0 Å². The highest BCUT2D eigenvalue weighted by molar-refractivity contribution is 6.46. The molecule has 2 N–H and O–H groups in total. The summed E-state index contributed by atoms with van der Waals surface area (Å²) in [5, 5.41) is 17.9. The molecule has 0 aromatic carbocycles. The highest BCUT2D eigenvalue weighted by Crippen LogP contribution is 2.39. The van der Waals surface area contributed by atoms with Crippen molar-refractivity contribution in [3.05, 3.63) is 52.6 Å². The van der Waals surface area contributed by atoms with Gasteiger partial charge < -0.3 is 14.9 Å². The highest BCUT2D eigenvalue weighted by Gasteiger charge is 2.46. The van der Waals surface area contributed by atoms with Gasteiger partial charge in [-0.05, 0) is 58.6 Å². The molecule has 148 valence electrons. The van der Waals surface area contributed by atoms with Gasteiger partial charge in [-0.1, -0.05) is 0 Å². The lowest BCUT2D eigenvalue weighted by molar-refractivity contribution is -0.139. The number of Topliss-reactive ketones (excluding diaryl/α,β-unsaturated/α-hetero) is 1. The third-order valence-corrected chi connectivity index (χ3v) is 4.93. The number of aromatic amines is 1. The van der Waals surface area contributed by atoms with Crippen LogP contribution >= 0.6 is 0 Å². The molecule has 3 rings (SSSR count). The zero-order valence-corrected chi connectivity index (χ0v) is 16.6. The number of rotatable bonds is 6. The number of aromatic nitrogens is 3. The number of nitrogens with one attached hydrogen (secondary N) is 1. The molecular weight excluding hydrogens is 358 g/mol. The number of hydrogen-bond donors (Lipinski definition) is 2. The Kier molecular flexibility index (Phi) is 5.60. The number of aryl methyl sites for hydroxylation is 2. The monoisotopic (exact) mass is 383 g/mol. The van der Waals surface area contributed by atoms with Crippen molar-refractivity contribution in [2.45, 2.75) is 26.3 Å². The maximum absolute atomic E-state index is 12.9. The van der Waals surface area contributed by atoms with Gasteiger partial charge in [-0.15, -0.1) is 0 Å². The van der Waals surface area contributed by atoms with E-state index in [-0.39, 0.29) is 11.3 Å². The van der Waals surface area contributed by atoms with Crippen LogP contribution in [0.5, 0.6) is 0 Å². The minimum atomic E-state index is -0.677. The Hall–Kier alpha value is -3.00. The Labute approximate surface area is 163 Å². The molecule has 0 bridgehead atoms. The molecule has 8 nitrogen and oxygen atoms in total. The third kappa shape index (κ3) is 3.55. The van der Waals surface area contributed by atoms with E-state index in [0.29, 0.717) is 29.9 Å². The van der Waals surface area contributed by atoms with Crippen LogP contribution in [0.15, 0.2) is 30.1 Å². The largest absolute Gasteiger partial charge is 0.507 e. The molecule has 1 saturated heterocycles. The molecule has 1 aliphatic heterocycles. The quantitative estimate of drug-likeness (QED) is 0.448. The summed E-state index contributed by atoms with van der Waals surface area (Å²) in [6.45, 7) is 4.71. The number of aliphatic hydroxyl groups excluding tert-OH is 1. The van der Waals surface area contributed by atoms with Crippen LogP contribution in [0.2, 0.25) is 0 Å². The Morgan fingerprint density at radius 3 is 2.50 bits per heavy atom. The molecule has 28 heavy (non-hydrogen) atoms. The van der Waals surface area contributed by atoms with Gasteiger partial charge in [0.15, 0.2) is 0 Å². The van der Waals surface area contributed by atoms with Gasteiger partial charge in [-0.25, -0.2) is 0 Å². The highest BCUT2D eigenvalue weighted by atomic mass is 16.3. The topological polar surface area (TPSA) is 102 Å². The lowest BCUT2D eigenvalue weighted by atomic mass is 9.95. The summed E-state index contributed by atoms with van der Waals surface area (Å²) in [6.07, 6.45) is 3.94. The summed E-state index contributed by atoms with van der Waals surface area (Å²) in [6, 6.07) is 2.87. The van der Waals surface area contributed by atoms with Crippen molar-refractivity contribution >= 4 is 17.4 Å². The van der Waals surface area contributed by atoms with Crippen molar-refractivity contribution in [2.75, 3.05) is 27.2 Å². The number of aliphatic hydroxyl groups is 1. The molecule has 1 atom stereocenters. The number of amides is 1. The van der Waals surface area contributed by atoms with Gasteiger partial charge in [-0.3, -0.25) is 19.7 Å². The predicted molar refractivity (Wildman–Crippen MR) is 104 cm³/mol. The minimum Gasteiger partial charge on any atom is -0.507 e. The standard InChI is InChI=1S/C20H25N5O3/c1-12-15(13(2)23-22-12)18(26)16-17(14-6-8-21-9-7-14)25(20(28)19(16)27)11-5-10-24(3)4/h6-9,17,26H,5,10-11H2,1-4H3,(H,22,23)/b18-16+/t17-/m0/s1. The Morgan fingerprint density at radius 2 is 1.93 bits per heavy atom. The van der Waals surface area contributed by atoms with Crippen molar-refractivity contribution < 1.29 is 14.7 Å². The number of H-pyrrole nitrogens is 1. The molecule has 1 amide bonds. The average Bonchev–Trinajstić information content (AvgIpc) is 3.12. The fourth-order valence-corrected chi connectivity index (χ4v) is 3.59. The summed E-state index contributed by atoms with van der Waals surface area (Å²) in [7, 11) is 3.91. The van der Waals surface area contributed by atoms with Crippen LogP contribution in [-0.2, 0) is 9.59 Å². The van der Waals surface area contributed by atoms with Gasteiger partial charge in [0.05, 0.1) is 22.9 Å². The number of carbonyl (C=O) groups excluding carboxylic acids is 2. The van der Waals surface area contributed by atoms with E-state index in [2.05, 4.69) is 15.2 Å². The van der Waals surface area contributed by atoms with E-state index in [0.717, 1.165) is 12.1 Å². The van der Waals surface area contributed by atoms with Crippen LogP contribution in [0.1, 0.15) is 35.0 Å². The van der Waals surface area contributed by atoms with Gasteiger partial charge in [0.1, 0.15) is 5.76 Å². The van der Waals surface area contributed by atoms with Crippen LogP contribution in [0.4, 0.5) is 0 Å². The first-order valence-electron chi connectivity index (χ1n) is 9.18. The molecule has 1 aliphatic rings. The van der Waals surface area contributed by atoms with Gasteiger partial charge in [-0.2, -0.15) is 5.10 Å². The van der Waals surface area contributed by atoms with E-state index in [4.69, 9.17) is 0 Å². The number of nitrogens with zero attached hydrogens (tertiary/aromatic N) is 4. The van der Waals surface area contributed by atoms with Crippen LogP contribution in [0.3, 0.4) is 0 Å². The number of hydrogen-bond acceptors (Lipinski definition) is 6. The summed E-state index contributed by atoms with van der Waals surface area (Å²) in [4.78, 5) is 33.3. The number of carbonyl (C=O) groups is 2. The van der Waals surface area contributed by atoms with E-state index in [1.807, 2.05) is 19.0 Å². The maximum Gasteiger partial charge on any atom is 0.295 e. The molecule has 3 heterocycles.